The molecule has 1 atom stereocenters. The van der Waals surface area contributed by atoms with Crippen LogP contribution in [0.4, 0.5) is 4.39 Å². The van der Waals surface area contributed by atoms with Crippen molar-refractivity contribution in [2.75, 3.05) is 6.61 Å². The molecule has 0 spiro atoms. The number of hydrogen-bond donors (Lipinski definition) is 0. The van der Waals surface area contributed by atoms with E-state index in [0.29, 0.717) is 6.61 Å². The maximum Gasteiger partial charge on any atom is 0.123 e. The Balaban J connectivity index is 1.78. The average molecular weight is 266 g/mol. The summed E-state index contributed by atoms with van der Waals surface area (Å²) < 4.78 is 18.5. The number of ether oxygens (including phenoxy) is 1. The second-order valence-electron chi connectivity index (χ2n) is 5.33. The predicted molar refractivity (Wildman–Crippen MR) is 77.2 cm³/mol. The van der Waals surface area contributed by atoms with Crippen LogP contribution in [0.15, 0.2) is 48.5 Å². The highest BCUT2D eigenvalue weighted by Crippen LogP contribution is 2.40. The molecule has 0 amide bonds. The summed E-state index contributed by atoms with van der Waals surface area (Å²) in [4.78, 5) is 0. The fourth-order valence-electron chi connectivity index (χ4n) is 2.43. The van der Waals surface area contributed by atoms with Crippen LogP contribution in [0.5, 0.6) is 5.75 Å². The summed E-state index contributed by atoms with van der Waals surface area (Å²) in [7, 11) is 0. The number of benzene rings is 2. The Labute approximate surface area is 118 Å². The van der Waals surface area contributed by atoms with E-state index in [-0.39, 0.29) is 11.2 Å². The van der Waals surface area contributed by atoms with E-state index in [0.717, 1.165) is 17.7 Å². The molecule has 2 aromatic rings. The molecule has 0 aromatic heterocycles. The van der Waals surface area contributed by atoms with Crippen molar-refractivity contribution < 1.29 is 9.13 Å². The number of halogens is 1. The first kappa shape index (κ1) is 12.7. The predicted octanol–water partition coefficient (Wildman–Crippen LogP) is 3.92. The van der Waals surface area contributed by atoms with E-state index in [1.165, 1.54) is 17.7 Å². The zero-order chi connectivity index (χ0) is 14.0. The van der Waals surface area contributed by atoms with Crippen LogP contribution in [0.2, 0.25) is 0 Å². The fraction of sp³-hybridized carbons (Fsp3) is 0.222. The van der Waals surface area contributed by atoms with Crippen LogP contribution in [0, 0.1) is 17.7 Å². The van der Waals surface area contributed by atoms with E-state index in [1.54, 1.807) is 12.1 Å². The quantitative estimate of drug-likeness (QED) is 0.711. The topological polar surface area (TPSA) is 9.23 Å². The number of hydrogen-bond acceptors (Lipinski definition) is 1. The van der Waals surface area contributed by atoms with Gasteiger partial charge in [-0.3, -0.25) is 0 Å². The molecule has 1 unspecified atom stereocenters. The molecule has 2 aromatic carbocycles. The Kier molecular flexibility index (Phi) is 3.20. The van der Waals surface area contributed by atoms with Gasteiger partial charge in [0, 0.05) is 23.0 Å². The summed E-state index contributed by atoms with van der Waals surface area (Å²) in [6, 6.07) is 14.4. The van der Waals surface area contributed by atoms with Crippen molar-refractivity contribution in [3.05, 3.63) is 65.5 Å². The molecular formula is C18H15FO. The van der Waals surface area contributed by atoms with Crippen LogP contribution < -0.4 is 4.74 Å². The number of para-hydroxylation sites is 1. The molecule has 1 aliphatic rings. The third-order valence-electron chi connectivity index (χ3n) is 3.64. The minimum Gasteiger partial charge on any atom is -0.492 e. The molecule has 1 aliphatic heterocycles. The van der Waals surface area contributed by atoms with Gasteiger partial charge in [-0.25, -0.2) is 4.39 Å². The van der Waals surface area contributed by atoms with E-state index in [2.05, 4.69) is 24.8 Å². The second-order valence-corrected chi connectivity index (χ2v) is 5.33. The van der Waals surface area contributed by atoms with Gasteiger partial charge >= 0.3 is 0 Å². The molecule has 0 bridgehead atoms. The van der Waals surface area contributed by atoms with E-state index >= 15 is 0 Å². The Bertz CT molecular complexity index is 679. The third-order valence-corrected chi connectivity index (χ3v) is 3.64. The van der Waals surface area contributed by atoms with E-state index in [1.807, 2.05) is 18.2 Å². The van der Waals surface area contributed by atoms with Gasteiger partial charge < -0.3 is 4.74 Å². The van der Waals surface area contributed by atoms with Gasteiger partial charge in [0.2, 0.25) is 0 Å². The molecule has 0 saturated heterocycles. The molecule has 1 nitrogen and oxygen atoms in total. The Hall–Kier alpha value is -2.27. The van der Waals surface area contributed by atoms with Crippen molar-refractivity contribution in [2.24, 2.45) is 0 Å². The summed E-state index contributed by atoms with van der Waals surface area (Å²) in [6.07, 6.45) is 0.724. The molecule has 1 heterocycles. The number of rotatable bonds is 1. The van der Waals surface area contributed by atoms with Gasteiger partial charge in [0.05, 0.1) is 6.61 Å². The van der Waals surface area contributed by atoms with Crippen LogP contribution >= 0.6 is 0 Å². The van der Waals surface area contributed by atoms with Gasteiger partial charge in [0.15, 0.2) is 0 Å². The largest absolute Gasteiger partial charge is 0.492 e. The van der Waals surface area contributed by atoms with E-state index in [4.69, 9.17) is 4.74 Å². The zero-order valence-corrected chi connectivity index (χ0v) is 11.3. The van der Waals surface area contributed by atoms with Crippen LogP contribution in [0.1, 0.15) is 24.5 Å². The first-order valence-corrected chi connectivity index (χ1v) is 6.64. The fourth-order valence-corrected chi connectivity index (χ4v) is 2.43. The van der Waals surface area contributed by atoms with Gasteiger partial charge in [-0.05, 0) is 30.3 Å². The van der Waals surface area contributed by atoms with E-state index in [9.17, 15) is 4.39 Å². The lowest BCUT2D eigenvalue weighted by Crippen LogP contribution is -2.22. The van der Waals surface area contributed by atoms with Crippen molar-refractivity contribution in [3.63, 3.8) is 0 Å². The average Bonchev–Trinajstić information content (AvgIpc) is 2.80. The van der Waals surface area contributed by atoms with Crippen molar-refractivity contribution in [1.29, 1.82) is 0 Å². The van der Waals surface area contributed by atoms with Crippen molar-refractivity contribution in [1.82, 2.24) is 0 Å². The summed E-state index contributed by atoms with van der Waals surface area (Å²) in [5.41, 5.74) is 1.99. The summed E-state index contributed by atoms with van der Waals surface area (Å²) in [5, 5.41) is 0. The molecule has 0 aliphatic carbocycles. The van der Waals surface area contributed by atoms with Crippen molar-refractivity contribution >= 4 is 0 Å². The smallest absolute Gasteiger partial charge is 0.123 e. The van der Waals surface area contributed by atoms with Gasteiger partial charge in [0.1, 0.15) is 11.6 Å². The maximum absolute atomic E-state index is 12.8. The van der Waals surface area contributed by atoms with E-state index < -0.39 is 0 Å². The molecular weight excluding hydrogens is 251 g/mol. The van der Waals surface area contributed by atoms with Gasteiger partial charge in [-0.2, -0.15) is 0 Å². The highest BCUT2D eigenvalue weighted by molar-refractivity contribution is 5.44. The first-order chi connectivity index (χ1) is 9.67. The highest BCUT2D eigenvalue weighted by atomic mass is 19.1. The summed E-state index contributed by atoms with van der Waals surface area (Å²) >= 11 is 0. The SMILES string of the molecule is CC1(CC#Cc2ccc(F)cc2)COc2ccccc21. The normalized spacial score (nSPS) is 19.7. The molecule has 20 heavy (non-hydrogen) atoms. The standard InChI is InChI=1S/C18H15FO/c1-18(13-20-17-7-3-2-6-16(17)18)12-4-5-14-8-10-15(19)11-9-14/h2-3,6-11H,12-13H2,1H3. The molecule has 2 heteroatoms. The Morgan fingerprint density at radius 2 is 1.90 bits per heavy atom. The third kappa shape index (κ3) is 2.40. The van der Waals surface area contributed by atoms with Crippen molar-refractivity contribution in [3.8, 4) is 17.6 Å². The second kappa shape index (κ2) is 5.02. The van der Waals surface area contributed by atoms with Crippen LogP contribution in [0.3, 0.4) is 0 Å². The first-order valence-electron chi connectivity index (χ1n) is 6.64. The Morgan fingerprint density at radius 3 is 2.70 bits per heavy atom. The molecule has 0 radical (unpaired) electrons. The molecule has 3 rings (SSSR count). The van der Waals surface area contributed by atoms with Gasteiger partial charge in [-0.1, -0.05) is 37.0 Å². The Morgan fingerprint density at radius 1 is 1.15 bits per heavy atom. The summed E-state index contributed by atoms with van der Waals surface area (Å²) in [6.45, 7) is 2.82. The lowest BCUT2D eigenvalue weighted by atomic mass is 9.82. The zero-order valence-electron chi connectivity index (χ0n) is 11.3. The molecule has 0 saturated carbocycles. The lowest BCUT2D eigenvalue weighted by Gasteiger charge is -2.19. The lowest BCUT2D eigenvalue weighted by molar-refractivity contribution is 0.281. The molecule has 100 valence electrons. The molecule has 0 fully saturated rings. The van der Waals surface area contributed by atoms with Crippen LogP contribution in [0.25, 0.3) is 0 Å². The maximum atomic E-state index is 12.8. The van der Waals surface area contributed by atoms with Crippen LogP contribution in [-0.2, 0) is 5.41 Å². The van der Waals surface area contributed by atoms with Crippen LogP contribution in [-0.4, -0.2) is 6.61 Å². The summed E-state index contributed by atoms with van der Waals surface area (Å²) in [5.74, 6) is 7.00. The molecule has 0 N–H and O–H groups in total. The monoisotopic (exact) mass is 266 g/mol. The van der Waals surface area contributed by atoms with Gasteiger partial charge in [-0.15, -0.1) is 0 Å². The minimum absolute atomic E-state index is 0.0658. The minimum atomic E-state index is -0.236. The van der Waals surface area contributed by atoms with Gasteiger partial charge in [0.25, 0.3) is 0 Å². The highest BCUT2D eigenvalue weighted by Gasteiger charge is 2.35. The number of fused-ring (bicyclic) bond motifs is 1. The van der Waals surface area contributed by atoms with Crippen molar-refractivity contribution in [2.45, 2.75) is 18.8 Å².